The molecule has 0 saturated carbocycles. The van der Waals surface area contributed by atoms with Crippen LogP contribution in [0.3, 0.4) is 0 Å². The van der Waals surface area contributed by atoms with E-state index in [4.69, 9.17) is 4.74 Å². The lowest BCUT2D eigenvalue weighted by Crippen LogP contribution is -2.48. The number of benzene rings is 1. The van der Waals surface area contributed by atoms with Crippen molar-refractivity contribution in [2.45, 2.75) is 26.3 Å². The number of phenols is 1. The quantitative estimate of drug-likeness (QED) is 0.700. The van der Waals surface area contributed by atoms with Gasteiger partial charge in [0.25, 0.3) is 0 Å². The molecule has 0 spiro atoms. The molecule has 0 aromatic heterocycles. The smallest absolute Gasteiger partial charge is 0.421 e. The number of amides is 1. The molecule has 17 heavy (non-hydrogen) atoms. The van der Waals surface area contributed by atoms with Crippen molar-refractivity contribution in [1.82, 2.24) is 10.9 Å². The first-order chi connectivity index (χ1) is 7.95. The van der Waals surface area contributed by atoms with Gasteiger partial charge >= 0.3 is 6.09 Å². The summed E-state index contributed by atoms with van der Waals surface area (Å²) in [7, 11) is 0. The van der Waals surface area contributed by atoms with Crippen molar-refractivity contribution < 1.29 is 14.6 Å². The second-order valence-electron chi connectivity index (χ2n) is 4.14. The molecule has 1 aromatic rings. The fourth-order valence-electron chi connectivity index (χ4n) is 1.32. The highest BCUT2D eigenvalue weighted by molar-refractivity contribution is 5.66. The third-order valence-electron chi connectivity index (χ3n) is 2.34. The van der Waals surface area contributed by atoms with Gasteiger partial charge in [-0.25, -0.2) is 10.2 Å². The number of carbonyl (C=O) groups is 1. The number of rotatable bonds is 4. The molecule has 3 N–H and O–H groups in total. The van der Waals surface area contributed by atoms with Crippen LogP contribution in [0.1, 0.15) is 26.3 Å². The highest BCUT2D eigenvalue weighted by Crippen LogP contribution is 2.21. The van der Waals surface area contributed by atoms with Gasteiger partial charge in [0.15, 0.2) is 0 Å². The van der Waals surface area contributed by atoms with Gasteiger partial charge in [-0.05, 0) is 38.5 Å². The Hall–Kier alpha value is -1.75. The molecule has 1 aromatic carbocycles. The molecule has 0 bridgehead atoms. The van der Waals surface area contributed by atoms with Gasteiger partial charge < -0.3 is 9.84 Å². The van der Waals surface area contributed by atoms with Crippen LogP contribution in [-0.4, -0.2) is 17.8 Å². The molecule has 5 nitrogen and oxygen atoms in total. The minimum absolute atomic E-state index is 0.211. The Morgan fingerprint density at radius 1 is 1.35 bits per heavy atom. The van der Waals surface area contributed by atoms with Gasteiger partial charge in [0.05, 0.1) is 12.1 Å². The van der Waals surface area contributed by atoms with Crippen LogP contribution in [0.4, 0.5) is 4.79 Å². The number of hydrogen-bond donors (Lipinski definition) is 3. The number of nitrogens with one attached hydrogen (secondary N) is 2. The maximum atomic E-state index is 11.1. The Labute approximate surface area is 101 Å². The average molecular weight is 238 g/mol. The minimum atomic E-state index is -0.514. The first kappa shape index (κ1) is 13.3. The third-order valence-corrected chi connectivity index (χ3v) is 2.34. The summed E-state index contributed by atoms with van der Waals surface area (Å²) in [5.41, 5.74) is 5.82. The molecule has 1 amide bonds. The van der Waals surface area contributed by atoms with E-state index in [1.165, 1.54) is 0 Å². The van der Waals surface area contributed by atoms with E-state index in [0.29, 0.717) is 6.61 Å². The van der Waals surface area contributed by atoms with E-state index in [1.807, 2.05) is 13.8 Å². The average Bonchev–Trinajstić information content (AvgIpc) is 2.28. The first-order valence-electron chi connectivity index (χ1n) is 5.45. The Balaban J connectivity index is 2.61. The van der Waals surface area contributed by atoms with Gasteiger partial charge in [0, 0.05) is 0 Å². The van der Waals surface area contributed by atoms with E-state index in [9.17, 15) is 9.90 Å². The number of ether oxygens (including phenoxy) is 1. The normalized spacial score (nSPS) is 11.0. The van der Waals surface area contributed by atoms with Crippen LogP contribution in [0.5, 0.6) is 5.75 Å². The molecule has 1 rings (SSSR count). The van der Waals surface area contributed by atoms with Crippen LogP contribution in [0, 0.1) is 0 Å². The minimum Gasteiger partial charge on any atom is -0.508 e. The Bertz CT molecular complexity index is 374. The van der Waals surface area contributed by atoms with Crippen LogP contribution in [0.15, 0.2) is 24.3 Å². The second-order valence-corrected chi connectivity index (χ2v) is 4.14. The molecule has 0 aliphatic rings. The molecular weight excluding hydrogens is 220 g/mol. The Morgan fingerprint density at radius 3 is 2.47 bits per heavy atom. The van der Waals surface area contributed by atoms with Crippen LogP contribution in [-0.2, 0) is 10.3 Å². The molecule has 0 atom stereocenters. The second kappa shape index (κ2) is 5.54. The third kappa shape index (κ3) is 3.96. The van der Waals surface area contributed by atoms with Crippen molar-refractivity contribution in [2.75, 3.05) is 6.61 Å². The van der Waals surface area contributed by atoms with Gasteiger partial charge in [0.1, 0.15) is 5.75 Å². The highest BCUT2D eigenvalue weighted by atomic mass is 16.5. The number of hydrogen-bond acceptors (Lipinski definition) is 4. The fraction of sp³-hybridized carbons (Fsp3) is 0.417. The maximum absolute atomic E-state index is 11.1. The van der Waals surface area contributed by atoms with Crippen molar-refractivity contribution in [3.63, 3.8) is 0 Å². The van der Waals surface area contributed by atoms with Crippen molar-refractivity contribution in [3.8, 4) is 5.75 Å². The molecule has 0 aliphatic heterocycles. The molecule has 0 fully saturated rings. The van der Waals surface area contributed by atoms with E-state index in [-0.39, 0.29) is 5.75 Å². The van der Waals surface area contributed by atoms with Crippen molar-refractivity contribution in [1.29, 1.82) is 0 Å². The summed E-state index contributed by atoms with van der Waals surface area (Å²) in [4.78, 5) is 11.1. The lowest BCUT2D eigenvalue weighted by Gasteiger charge is -2.26. The van der Waals surface area contributed by atoms with E-state index >= 15 is 0 Å². The van der Waals surface area contributed by atoms with Crippen LogP contribution < -0.4 is 10.9 Å². The Kier molecular flexibility index (Phi) is 4.34. The van der Waals surface area contributed by atoms with Crippen LogP contribution in [0.25, 0.3) is 0 Å². The first-order valence-corrected chi connectivity index (χ1v) is 5.45. The monoisotopic (exact) mass is 238 g/mol. The summed E-state index contributed by atoms with van der Waals surface area (Å²) in [5, 5.41) is 9.20. The molecule has 0 radical (unpaired) electrons. The lowest BCUT2D eigenvalue weighted by molar-refractivity contribution is 0.140. The lowest BCUT2D eigenvalue weighted by atomic mass is 9.95. The van der Waals surface area contributed by atoms with E-state index < -0.39 is 11.6 Å². The topological polar surface area (TPSA) is 70.6 Å². The van der Waals surface area contributed by atoms with Crippen molar-refractivity contribution >= 4 is 6.09 Å². The predicted molar refractivity (Wildman–Crippen MR) is 64.4 cm³/mol. The molecule has 0 unspecified atom stereocenters. The molecule has 0 heterocycles. The van der Waals surface area contributed by atoms with Crippen molar-refractivity contribution in [3.05, 3.63) is 29.8 Å². The van der Waals surface area contributed by atoms with Crippen LogP contribution in [0.2, 0.25) is 0 Å². The standard InChI is InChI=1S/C12H18N2O3/c1-4-17-11(16)13-14-12(2,3)9-5-7-10(15)8-6-9/h5-8,14-15H,4H2,1-3H3,(H,13,16). The molecule has 0 saturated heterocycles. The maximum Gasteiger partial charge on any atom is 0.421 e. The van der Waals surface area contributed by atoms with Gasteiger partial charge in [-0.1, -0.05) is 12.1 Å². The zero-order chi connectivity index (χ0) is 12.9. The number of phenolic OH excluding ortho intramolecular Hbond substituents is 1. The van der Waals surface area contributed by atoms with E-state index in [2.05, 4.69) is 10.9 Å². The van der Waals surface area contributed by atoms with E-state index in [0.717, 1.165) is 5.56 Å². The summed E-state index contributed by atoms with van der Waals surface area (Å²) in [6.45, 7) is 5.88. The van der Waals surface area contributed by atoms with Gasteiger partial charge in [-0.15, -0.1) is 0 Å². The van der Waals surface area contributed by atoms with Gasteiger partial charge in [0.2, 0.25) is 0 Å². The van der Waals surface area contributed by atoms with Crippen LogP contribution >= 0.6 is 0 Å². The molecule has 94 valence electrons. The predicted octanol–water partition coefficient (Wildman–Crippen LogP) is 1.88. The summed E-state index contributed by atoms with van der Waals surface area (Å²) in [5.74, 6) is 0.211. The summed E-state index contributed by atoms with van der Waals surface area (Å²) in [6, 6.07) is 6.77. The summed E-state index contributed by atoms with van der Waals surface area (Å²) in [6.07, 6.45) is -0.514. The van der Waals surface area contributed by atoms with E-state index in [1.54, 1.807) is 31.2 Å². The van der Waals surface area contributed by atoms with Gasteiger partial charge in [-0.3, -0.25) is 5.43 Å². The summed E-state index contributed by atoms with van der Waals surface area (Å²) < 4.78 is 4.74. The number of carbonyl (C=O) groups excluding carboxylic acids is 1. The SMILES string of the molecule is CCOC(=O)NNC(C)(C)c1ccc(O)cc1. The molecule has 0 aliphatic carbocycles. The number of hydrazine groups is 1. The van der Waals surface area contributed by atoms with Gasteiger partial charge in [-0.2, -0.15) is 0 Å². The highest BCUT2D eigenvalue weighted by Gasteiger charge is 2.20. The fourth-order valence-corrected chi connectivity index (χ4v) is 1.32. The Morgan fingerprint density at radius 2 is 1.94 bits per heavy atom. The zero-order valence-electron chi connectivity index (χ0n) is 10.3. The molecular formula is C12H18N2O3. The number of aromatic hydroxyl groups is 1. The molecule has 5 heteroatoms. The largest absolute Gasteiger partial charge is 0.508 e. The van der Waals surface area contributed by atoms with Crippen molar-refractivity contribution in [2.24, 2.45) is 0 Å². The zero-order valence-corrected chi connectivity index (χ0v) is 10.3. The summed E-state index contributed by atoms with van der Waals surface area (Å²) >= 11 is 0.